The molecule has 2 aromatic carbocycles. The number of carboxylic acid groups (broad SMARTS) is 1. The summed E-state index contributed by atoms with van der Waals surface area (Å²) in [5.41, 5.74) is 1.43. The van der Waals surface area contributed by atoms with Crippen molar-refractivity contribution in [2.24, 2.45) is 0 Å². The molecule has 0 radical (unpaired) electrons. The van der Waals surface area contributed by atoms with Gasteiger partial charge in [0.25, 0.3) is 0 Å². The summed E-state index contributed by atoms with van der Waals surface area (Å²) in [6, 6.07) is 8.08. The molecule has 2 fully saturated rings. The van der Waals surface area contributed by atoms with Crippen molar-refractivity contribution >= 4 is 51.9 Å². The number of ketones is 1. The Labute approximate surface area is 233 Å². The number of carbonyl (C=O) groups is 4. The molecular formula is C28H27ClF2N4O5. The summed E-state index contributed by atoms with van der Waals surface area (Å²) in [5.74, 6) is -2.08. The first-order valence-corrected chi connectivity index (χ1v) is 13.2. The number of likely N-dealkylation sites (tertiary alicyclic amines) is 1. The maximum absolute atomic E-state index is 14.4. The zero-order valence-corrected chi connectivity index (χ0v) is 22.3. The van der Waals surface area contributed by atoms with Gasteiger partial charge in [-0.1, -0.05) is 23.7 Å². The first-order valence-electron chi connectivity index (χ1n) is 12.8. The molecule has 5 rings (SSSR count). The van der Waals surface area contributed by atoms with Crippen LogP contribution in [0.25, 0.3) is 10.9 Å². The first kappa shape index (κ1) is 27.6. The number of amides is 3. The number of alkyl halides is 1. The van der Waals surface area contributed by atoms with E-state index in [-0.39, 0.29) is 48.5 Å². The van der Waals surface area contributed by atoms with Crippen LogP contribution in [0.4, 0.5) is 19.3 Å². The van der Waals surface area contributed by atoms with Crippen LogP contribution in [0.2, 0.25) is 5.02 Å². The second-order valence-corrected chi connectivity index (χ2v) is 10.5. The van der Waals surface area contributed by atoms with E-state index in [9.17, 15) is 33.1 Å². The van der Waals surface area contributed by atoms with Gasteiger partial charge in [0, 0.05) is 52.9 Å². The van der Waals surface area contributed by atoms with Gasteiger partial charge in [-0.2, -0.15) is 0 Å². The Balaban J connectivity index is 1.36. The normalized spacial score (nSPS) is 18.6. The Morgan fingerprint density at radius 2 is 1.93 bits per heavy atom. The number of nitrogens with one attached hydrogen (secondary N) is 1. The van der Waals surface area contributed by atoms with Crippen LogP contribution in [-0.2, 0) is 22.7 Å². The number of benzene rings is 2. The monoisotopic (exact) mass is 572 g/mol. The smallest absolute Gasteiger partial charge is 0.412 e. The van der Waals surface area contributed by atoms with Crippen LogP contribution in [0.3, 0.4) is 0 Å². The van der Waals surface area contributed by atoms with Crippen molar-refractivity contribution in [1.29, 1.82) is 0 Å². The van der Waals surface area contributed by atoms with Crippen LogP contribution in [0.5, 0.6) is 0 Å². The van der Waals surface area contributed by atoms with Gasteiger partial charge in [-0.25, -0.2) is 13.6 Å². The second kappa shape index (κ2) is 10.9. The molecule has 3 amide bonds. The average molecular weight is 573 g/mol. The summed E-state index contributed by atoms with van der Waals surface area (Å²) in [7, 11) is 0. The molecular weight excluding hydrogens is 546 g/mol. The Morgan fingerprint density at radius 3 is 2.60 bits per heavy atom. The van der Waals surface area contributed by atoms with Gasteiger partial charge in [0.2, 0.25) is 11.8 Å². The molecule has 1 saturated carbocycles. The molecule has 2 atom stereocenters. The zero-order valence-electron chi connectivity index (χ0n) is 21.6. The molecule has 40 heavy (non-hydrogen) atoms. The molecule has 0 unspecified atom stereocenters. The lowest BCUT2D eigenvalue weighted by atomic mass is 10.1. The van der Waals surface area contributed by atoms with Gasteiger partial charge in [0.15, 0.2) is 5.78 Å². The highest BCUT2D eigenvalue weighted by molar-refractivity contribution is 6.30. The lowest BCUT2D eigenvalue weighted by Gasteiger charge is -2.24. The number of fused-ring (bicyclic) bond motifs is 1. The maximum Gasteiger partial charge on any atom is 0.412 e. The number of aromatic nitrogens is 1. The fourth-order valence-electron chi connectivity index (χ4n) is 5.19. The Morgan fingerprint density at radius 1 is 1.18 bits per heavy atom. The van der Waals surface area contributed by atoms with Gasteiger partial charge < -0.3 is 19.9 Å². The summed E-state index contributed by atoms with van der Waals surface area (Å²) in [6.07, 6.45) is 0.329. The van der Waals surface area contributed by atoms with Crippen LogP contribution in [0.1, 0.15) is 42.1 Å². The lowest BCUT2D eigenvalue weighted by molar-refractivity contribution is -0.139. The molecule has 3 aromatic rings. The van der Waals surface area contributed by atoms with E-state index in [0.29, 0.717) is 22.2 Å². The van der Waals surface area contributed by atoms with Gasteiger partial charge in [0.1, 0.15) is 24.6 Å². The quantitative estimate of drug-likeness (QED) is 0.385. The van der Waals surface area contributed by atoms with E-state index in [0.717, 1.165) is 17.7 Å². The average Bonchev–Trinajstić information content (AvgIpc) is 3.55. The van der Waals surface area contributed by atoms with Crippen LogP contribution in [0.15, 0.2) is 42.6 Å². The number of halogens is 3. The number of hydrogen-bond acceptors (Lipinski definition) is 4. The third-order valence-corrected chi connectivity index (χ3v) is 7.60. The molecule has 0 spiro atoms. The molecule has 1 aromatic heterocycles. The SMILES string of the molecule is CC(=O)c1cn(CC(=O)N2C[C@H](F)C[C@H]2C(=O)NCc2cccc(Cl)c2F)c2ccc(N(C(=O)O)C3CC3)cc12. The van der Waals surface area contributed by atoms with Gasteiger partial charge >= 0.3 is 6.09 Å². The molecule has 9 nitrogen and oxygen atoms in total. The van der Waals surface area contributed by atoms with E-state index >= 15 is 0 Å². The van der Waals surface area contributed by atoms with Gasteiger partial charge in [0.05, 0.1) is 11.6 Å². The van der Waals surface area contributed by atoms with E-state index in [1.165, 1.54) is 30.2 Å². The topological polar surface area (TPSA) is 112 Å². The second-order valence-electron chi connectivity index (χ2n) is 10.1. The minimum absolute atomic E-state index is 0.0903. The Hall–Kier alpha value is -3.99. The summed E-state index contributed by atoms with van der Waals surface area (Å²) in [5, 5.41) is 12.6. The molecule has 210 valence electrons. The van der Waals surface area contributed by atoms with E-state index in [1.54, 1.807) is 28.8 Å². The number of rotatable bonds is 8. The fourth-order valence-corrected chi connectivity index (χ4v) is 5.38. The summed E-state index contributed by atoms with van der Waals surface area (Å²) >= 11 is 5.79. The first-order chi connectivity index (χ1) is 19.0. The van der Waals surface area contributed by atoms with Crippen molar-refractivity contribution in [2.75, 3.05) is 11.4 Å². The van der Waals surface area contributed by atoms with Crippen LogP contribution >= 0.6 is 11.6 Å². The summed E-state index contributed by atoms with van der Waals surface area (Å²) < 4.78 is 30.2. The fraction of sp³-hybridized carbons (Fsp3) is 0.357. The van der Waals surface area contributed by atoms with Crippen molar-refractivity contribution < 1.29 is 33.1 Å². The van der Waals surface area contributed by atoms with Crippen LogP contribution in [0, 0.1) is 5.82 Å². The van der Waals surface area contributed by atoms with Gasteiger partial charge in [-0.15, -0.1) is 0 Å². The minimum atomic E-state index is -1.41. The largest absolute Gasteiger partial charge is 0.465 e. The number of Topliss-reactive ketones (excluding diaryl/α,β-unsaturated/α-hetero) is 1. The molecule has 12 heteroatoms. The number of nitrogens with zero attached hydrogens (tertiary/aromatic N) is 3. The Kier molecular flexibility index (Phi) is 7.50. The highest BCUT2D eigenvalue weighted by Gasteiger charge is 2.40. The van der Waals surface area contributed by atoms with Crippen molar-refractivity contribution in [2.45, 2.75) is 57.5 Å². The zero-order chi connectivity index (χ0) is 28.7. The van der Waals surface area contributed by atoms with Gasteiger partial charge in [-0.05, 0) is 44.0 Å². The molecule has 0 bridgehead atoms. The number of anilines is 1. The van der Waals surface area contributed by atoms with Crippen molar-refractivity contribution in [3.63, 3.8) is 0 Å². The Bertz CT molecular complexity index is 1520. The van der Waals surface area contributed by atoms with Crippen LogP contribution in [-0.4, -0.2) is 63.1 Å². The highest BCUT2D eigenvalue weighted by Crippen LogP contribution is 2.35. The molecule has 1 saturated heterocycles. The molecule has 1 aliphatic heterocycles. The van der Waals surface area contributed by atoms with Crippen molar-refractivity contribution in [3.8, 4) is 0 Å². The molecule has 2 N–H and O–H groups in total. The predicted molar refractivity (Wildman–Crippen MR) is 144 cm³/mol. The third-order valence-electron chi connectivity index (χ3n) is 7.30. The predicted octanol–water partition coefficient (Wildman–Crippen LogP) is 4.54. The molecule has 1 aliphatic carbocycles. The van der Waals surface area contributed by atoms with Gasteiger partial charge in [-0.3, -0.25) is 19.3 Å². The standard InChI is InChI=1S/C28H27ClF2N4O5/c1-15(36)21-13-33(23-8-7-19(10-20(21)23)35(28(39)40)18-5-6-18)14-25(37)34-12-17(30)9-24(34)27(38)32-11-16-3-2-4-22(29)26(16)31/h2-4,7-8,10,13,17-18,24H,5-6,9,11-12,14H2,1H3,(H,32,38)(H,39,40)/t17-,24+/m1/s1. The maximum atomic E-state index is 14.4. The minimum Gasteiger partial charge on any atom is -0.465 e. The number of hydrogen-bond donors (Lipinski definition) is 2. The van der Waals surface area contributed by atoms with E-state index in [1.807, 2.05) is 0 Å². The number of carbonyl (C=O) groups excluding carboxylic acids is 3. The van der Waals surface area contributed by atoms with Crippen molar-refractivity contribution in [1.82, 2.24) is 14.8 Å². The lowest BCUT2D eigenvalue weighted by Crippen LogP contribution is -2.46. The van der Waals surface area contributed by atoms with E-state index < -0.39 is 35.9 Å². The van der Waals surface area contributed by atoms with Crippen molar-refractivity contribution in [3.05, 3.63) is 64.6 Å². The van der Waals surface area contributed by atoms with Crippen LogP contribution < -0.4 is 10.2 Å². The van der Waals surface area contributed by atoms with E-state index in [4.69, 9.17) is 11.6 Å². The summed E-state index contributed by atoms with van der Waals surface area (Å²) in [4.78, 5) is 52.9. The third kappa shape index (κ3) is 5.38. The van der Waals surface area contributed by atoms with E-state index in [2.05, 4.69) is 5.32 Å². The highest BCUT2D eigenvalue weighted by atomic mass is 35.5. The molecule has 2 aliphatic rings. The summed E-state index contributed by atoms with van der Waals surface area (Å²) in [6.45, 7) is 0.649. The molecule has 2 heterocycles.